The Morgan fingerprint density at radius 2 is 2.27 bits per heavy atom. The predicted molar refractivity (Wildman–Crippen MR) is 84.0 cm³/mol. The van der Waals surface area contributed by atoms with E-state index in [9.17, 15) is 0 Å². The van der Waals surface area contributed by atoms with Crippen molar-refractivity contribution in [2.75, 3.05) is 7.11 Å². The molecule has 1 aliphatic heterocycles. The molecule has 0 saturated carbocycles. The maximum absolute atomic E-state index is 6.13. The van der Waals surface area contributed by atoms with Crippen LogP contribution in [0.3, 0.4) is 0 Å². The Bertz CT molecular complexity index is 657. The molecule has 7 heteroatoms. The highest BCUT2D eigenvalue weighted by Crippen LogP contribution is 2.25. The summed E-state index contributed by atoms with van der Waals surface area (Å²) in [6.07, 6.45) is 5.21. The van der Waals surface area contributed by atoms with Gasteiger partial charge in [-0.05, 0) is 31.4 Å². The van der Waals surface area contributed by atoms with Gasteiger partial charge in [-0.3, -0.25) is 0 Å². The number of halogens is 1. The standard InChI is InChI=1S/C15H20ClN5O/c1-10(11-7-12(16)15(22-2)18-8-11)17-9-14-20-19-13-5-3-4-6-21(13)14/h7-8,10,17H,3-6,9H2,1-2H3. The van der Waals surface area contributed by atoms with Gasteiger partial charge in [0.15, 0.2) is 0 Å². The molecule has 3 rings (SSSR count). The van der Waals surface area contributed by atoms with Crippen LogP contribution in [-0.4, -0.2) is 26.9 Å². The van der Waals surface area contributed by atoms with Crippen LogP contribution in [0.2, 0.25) is 5.02 Å². The second kappa shape index (κ2) is 6.62. The predicted octanol–water partition coefficient (Wildman–Crippen LogP) is 2.52. The van der Waals surface area contributed by atoms with E-state index in [2.05, 4.69) is 32.0 Å². The maximum atomic E-state index is 6.13. The monoisotopic (exact) mass is 321 g/mol. The van der Waals surface area contributed by atoms with Crippen molar-refractivity contribution >= 4 is 11.6 Å². The lowest BCUT2D eigenvalue weighted by atomic mass is 10.1. The Morgan fingerprint density at radius 3 is 3.05 bits per heavy atom. The van der Waals surface area contributed by atoms with Gasteiger partial charge in [-0.15, -0.1) is 10.2 Å². The number of nitrogens with zero attached hydrogens (tertiary/aromatic N) is 4. The van der Waals surface area contributed by atoms with E-state index in [1.807, 2.05) is 6.07 Å². The number of rotatable bonds is 5. The molecule has 0 amide bonds. The highest BCUT2D eigenvalue weighted by molar-refractivity contribution is 6.31. The molecular weight excluding hydrogens is 302 g/mol. The van der Waals surface area contributed by atoms with Crippen molar-refractivity contribution in [1.29, 1.82) is 0 Å². The first-order chi connectivity index (χ1) is 10.7. The van der Waals surface area contributed by atoms with Gasteiger partial charge in [0.1, 0.15) is 16.7 Å². The number of ether oxygens (including phenoxy) is 1. The largest absolute Gasteiger partial charge is 0.480 e. The first-order valence-electron chi connectivity index (χ1n) is 7.53. The Kier molecular flexibility index (Phi) is 4.59. The summed E-state index contributed by atoms with van der Waals surface area (Å²) >= 11 is 6.13. The van der Waals surface area contributed by atoms with Gasteiger partial charge >= 0.3 is 0 Å². The number of hydrogen-bond acceptors (Lipinski definition) is 5. The molecule has 0 aliphatic carbocycles. The number of aromatic nitrogens is 4. The van der Waals surface area contributed by atoms with Gasteiger partial charge in [0, 0.05) is 25.2 Å². The summed E-state index contributed by atoms with van der Waals surface area (Å²) in [7, 11) is 1.56. The molecule has 0 aromatic carbocycles. The number of pyridine rings is 1. The number of aryl methyl sites for hydroxylation is 1. The highest BCUT2D eigenvalue weighted by atomic mass is 35.5. The summed E-state index contributed by atoms with van der Waals surface area (Å²) in [5, 5.41) is 12.5. The van der Waals surface area contributed by atoms with Crippen LogP contribution >= 0.6 is 11.6 Å². The van der Waals surface area contributed by atoms with Crippen LogP contribution in [0.1, 0.15) is 43.0 Å². The van der Waals surface area contributed by atoms with Crippen molar-refractivity contribution in [3.63, 3.8) is 0 Å². The van der Waals surface area contributed by atoms with E-state index in [1.165, 1.54) is 12.8 Å². The van der Waals surface area contributed by atoms with Gasteiger partial charge in [-0.25, -0.2) is 4.98 Å². The summed E-state index contributed by atoms with van der Waals surface area (Å²) in [5.41, 5.74) is 1.02. The average molecular weight is 322 g/mol. The Balaban J connectivity index is 1.66. The molecule has 1 N–H and O–H groups in total. The topological polar surface area (TPSA) is 64.9 Å². The van der Waals surface area contributed by atoms with Crippen molar-refractivity contribution in [2.45, 2.75) is 45.3 Å². The third-order valence-electron chi connectivity index (χ3n) is 4.02. The van der Waals surface area contributed by atoms with Crippen LogP contribution in [-0.2, 0) is 19.5 Å². The molecule has 0 saturated heterocycles. The van der Waals surface area contributed by atoms with E-state index in [-0.39, 0.29) is 6.04 Å². The lowest BCUT2D eigenvalue weighted by Gasteiger charge is -2.17. The highest BCUT2D eigenvalue weighted by Gasteiger charge is 2.16. The molecule has 2 aromatic heterocycles. The van der Waals surface area contributed by atoms with Crippen LogP contribution in [0.5, 0.6) is 5.88 Å². The Hall–Kier alpha value is -1.66. The van der Waals surface area contributed by atoms with Crippen LogP contribution in [0.4, 0.5) is 0 Å². The molecule has 6 nitrogen and oxygen atoms in total. The minimum Gasteiger partial charge on any atom is -0.480 e. The van der Waals surface area contributed by atoms with Crippen LogP contribution in [0.15, 0.2) is 12.3 Å². The summed E-state index contributed by atoms with van der Waals surface area (Å²) in [5.74, 6) is 2.54. The van der Waals surface area contributed by atoms with E-state index in [0.29, 0.717) is 17.4 Å². The van der Waals surface area contributed by atoms with Crippen molar-refractivity contribution < 1.29 is 4.74 Å². The van der Waals surface area contributed by atoms with Crippen molar-refractivity contribution in [2.24, 2.45) is 0 Å². The molecule has 22 heavy (non-hydrogen) atoms. The fourth-order valence-corrected chi connectivity index (χ4v) is 2.94. The quantitative estimate of drug-likeness (QED) is 0.916. The summed E-state index contributed by atoms with van der Waals surface area (Å²) < 4.78 is 7.30. The molecule has 0 radical (unpaired) electrons. The fraction of sp³-hybridized carbons (Fsp3) is 0.533. The molecule has 1 aliphatic rings. The zero-order valence-corrected chi connectivity index (χ0v) is 13.6. The van der Waals surface area contributed by atoms with Crippen LogP contribution in [0.25, 0.3) is 0 Å². The summed E-state index contributed by atoms with van der Waals surface area (Å²) in [6, 6.07) is 2.00. The Labute approximate surface area is 134 Å². The Morgan fingerprint density at radius 1 is 1.41 bits per heavy atom. The van der Waals surface area contributed by atoms with Gasteiger partial charge in [-0.2, -0.15) is 0 Å². The molecular formula is C15H20ClN5O. The van der Waals surface area contributed by atoms with Gasteiger partial charge in [0.05, 0.1) is 13.7 Å². The van der Waals surface area contributed by atoms with Crippen molar-refractivity contribution in [1.82, 2.24) is 25.1 Å². The first-order valence-corrected chi connectivity index (χ1v) is 7.90. The third-order valence-corrected chi connectivity index (χ3v) is 4.30. The molecule has 0 bridgehead atoms. The molecule has 3 heterocycles. The van der Waals surface area contributed by atoms with E-state index in [0.717, 1.165) is 30.2 Å². The van der Waals surface area contributed by atoms with Crippen LogP contribution in [0, 0.1) is 0 Å². The molecule has 1 atom stereocenters. The van der Waals surface area contributed by atoms with Crippen molar-refractivity contribution in [3.8, 4) is 5.88 Å². The van der Waals surface area contributed by atoms with E-state index in [4.69, 9.17) is 16.3 Å². The van der Waals surface area contributed by atoms with Gasteiger partial charge in [0.2, 0.25) is 5.88 Å². The lowest BCUT2D eigenvalue weighted by molar-refractivity contribution is 0.397. The SMILES string of the molecule is COc1ncc(C(C)NCc2nnc3n2CCCC3)cc1Cl. The fourth-order valence-electron chi connectivity index (χ4n) is 2.69. The number of methoxy groups -OCH3 is 1. The second-order valence-corrected chi connectivity index (χ2v) is 5.91. The minimum absolute atomic E-state index is 0.118. The second-order valence-electron chi connectivity index (χ2n) is 5.50. The molecule has 2 aromatic rings. The van der Waals surface area contributed by atoms with E-state index in [1.54, 1.807) is 13.3 Å². The maximum Gasteiger partial charge on any atom is 0.232 e. The summed E-state index contributed by atoms with van der Waals surface area (Å²) in [6.45, 7) is 3.77. The molecule has 0 spiro atoms. The normalized spacial score (nSPS) is 15.4. The lowest BCUT2D eigenvalue weighted by Crippen LogP contribution is -2.22. The van der Waals surface area contributed by atoms with Gasteiger partial charge < -0.3 is 14.6 Å². The smallest absolute Gasteiger partial charge is 0.232 e. The van der Waals surface area contributed by atoms with Crippen LogP contribution < -0.4 is 10.1 Å². The molecule has 118 valence electrons. The van der Waals surface area contributed by atoms with Gasteiger partial charge in [0.25, 0.3) is 0 Å². The molecule has 1 unspecified atom stereocenters. The third kappa shape index (κ3) is 3.08. The van der Waals surface area contributed by atoms with E-state index < -0.39 is 0 Å². The number of hydrogen-bond donors (Lipinski definition) is 1. The average Bonchev–Trinajstić information content (AvgIpc) is 2.95. The zero-order valence-electron chi connectivity index (χ0n) is 12.8. The van der Waals surface area contributed by atoms with Gasteiger partial charge in [-0.1, -0.05) is 11.6 Å². The summed E-state index contributed by atoms with van der Waals surface area (Å²) in [4.78, 5) is 4.21. The molecule has 0 fully saturated rings. The number of nitrogens with one attached hydrogen (secondary N) is 1. The first kappa shape index (κ1) is 15.2. The zero-order chi connectivity index (χ0) is 15.5. The minimum atomic E-state index is 0.118. The number of fused-ring (bicyclic) bond motifs is 1. The van der Waals surface area contributed by atoms with E-state index >= 15 is 0 Å². The van der Waals surface area contributed by atoms with Crippen molar-refractivity contribution in [3.05, 3.63) is 34.5 Å².